The maximum Gasteiger partial charge on any atom is 0.204 e. The molecule has 6 rings (SSSR count). The number of rotatable bonds is 4. The van der Waals surface area contributed by atoms with Crippen molar-refractivity contribution in [2.75, 3.05) is 5.73 Å². The molecule has 4 aromatic heterocycles. The van der Waals surface area contributed by atoms with Crippen LogP contribution in [0.3, 0.4) is 0 Å². The first-order chi connectivity index (χ1) is 15.8. The molecule has 9 heteroatoms. The molecule has 0 spiro atoms. The molecule has 4 heterocycles. The molecule has 0 atom stereocenters. The summed E-state index contributed by atoms with van der Waals surface area (Å²) in [7, 11) is 0. The van der Waals surface area contributed by atoms with Crippen LogP contribution in [0.5, 0.6) is 0 Å². The fourth-order valence-corrected chi connectivity index (χ4v) is 4.53. The molecule has 0 unspecified atom stereocenters. The van der Waals surface area contributed by atoms with E-state index >= 15 is 0 Å². The Labute approximate surface area is 183 Å². The molecule has 0 radical (unpaired) electrons. The van der Waals surface area contributed by atoms with Crippen molar-refractivity contribution in [3.05, 3.63) is 48.9 Å². The molecular formula is C23H22N8O. The zero-order valence-electron chi connectivity index (χ0n) is 17.4. The molecular weight excluding hydrogens is 404 g/mol. The summed E-state index contributed by atoms with van der Waals surface area (Å²) in [5.74, 6) is 1.59. The first kappa shape index (κ1) is 18.7. The Morgan fingerprint density at radius 1 is 1.03 bits per heavy atom. The summed E-state index contributed by atoms with van der Waals surface area (Å²) in [6.45, 7) is 0. The molecule has 1 aromatic carbocycles. The quantitative estimate of drug-likeness (QED) is 0.429. The minimum atomic E-state index is 0.365. The summed E-state index contributed by atoms with van der Waals surface area (Å²) in [6, 6.07) is 10.3. The molecule has 1 saturated carbocycles. The minimum absolute atomic E-state index is 0.365. The van der Waals surface area contributed by atoms with Crippen LogP contribution in [0.15, 0.2) is 53.3 Å². The number of nitrogen functional groups attached to an aromatic ring is 1. The summed E-state index contributed by atoms with van der Waals surface area (Å²) in [4.78, 5) is 4.39. The van der Waals surface area contributed by atoms with E-state index in [-0.39, 0.29) is 0 Å². The van der Waals surface area contributed by atoms with Crippen molar-refractivity contribution in [1.82, 2.24) is 35.4 Å². The maximum absolute atomic E-state index is 6.17. The molecule has 1 fully saturated rings. The summed E-state index contributed by atoms with van der Waals surface area (Å²) in [5.41, 5.74) is 10.5. The van der Waals surface area contributed by atoms with Gasteiger partial charge in [-0.15, -0.1) is 10.2 Å². The number of hydrogen-bond acceptors (Lipinski definition) is 7. The normalized spacial score (nSPS) is 14.9. The maximum atomic E-state index is 6.17. The van der Waals surface area contributed by atoms with E-state index in [0.717, 1.165) is 27.6 Å². The Balaban J connectivity index is 1.41. The van der Waals surface area contributed by atoms with Crippen LogP contribution in [0.2, 0.25) is 0 Å². The van der Waals surface area contributed by atoms with Gasteiger partial charge in [0.15, 0.2) is 11.4 Å². The van der Waals surface area contributed by atoms with Gasteiger partial charge in [-0.3, -0.25) is 4.68 Å². The average molecular weight is 426 g/mol. The number of fused-ring (bicyclic) bond motifs is 1. The first-order valence-corrected chi connectivity index (χ1v) is 10.8. The van der Waals surface area contributed by atoms with Gasteiger partial charge in [-0.1, -0.05) is 37.5 Å². The van der Waals surface area contributed by atoms with Crippen LogP contribution in [-0.2, 0) is 0 Å². The summed E-state index contributed by atoms with van der Waals surface area (Å²) in [6.07, 6.45) is 12.0. The van der Waals surface area contributed by atoms with Gasteiger partial charge in [-0.25, -0.2) is 4.98 Å². The minimum Gasteiger partial charge on any atom is -0.452 e. The Bertz CT molecular complexity index is 1380. The van der Waals surface area contributed by atoms with E-state index in [1.807, 2.05) is 36.5 Å². The highest BCUT2D eigenvalue weighted by Gasteiger charge is 2.19. The van der Waals surface area contributed by atoms with Gasteiger partial charge in [-0.05, 0) is 30.2 Å². The molecule has 0 bridgehead atoms. The number of furan rings is 1. The van der Waals surface area contributed by atoms with Crippen LogP contribution < -0.4 is 5.73 Å². The lowest BCUT2D eigenvalue weighted by atomic mass is 9.96. The van der Waals surface area contributed by atoms with E-state index in [9.17, 15) is 0 Å². The Morgan fingerprint density at radius 3 is 2.75 bits per heavy atom. The van der Waals surface area contributed by atoms with E-state index < -0.39 is 0 Å². The van der Waals surface area contributed by atoms with E-state index in [1.165, 1.54) is 32.1 Å². The fourth-order valence-electron chi connectivity index (χ4n) is 4.53. The third kappa shape index (κ3) is 3.22. The smallest absolute Gasteiger partial charge is 0.204 e. The lowest BCUT2D eigenvalue weighted by Gasteiger charge is -2.21. The SMILES string of the molecule is Nc1ncc(-c2cnn(C3CCCCC3)c2)c2cc(-c3cccc(-c4nn[nH]n4)c3)oc12. The first-order valence-electron chi connectivity index (χ1n) is 10.8. The topological polar surface area (TPSA) is 124 Å². The molecule has 0 saturated heterocycles. The number of nitrogens with zero attached hydrogens (tertiary/aromatic N) is 6. The zero-order chi connectivity index (χ0) is 21.5. The molecule has 3 N–H and O–H groups in total. The molecule has 5 aromatic rings. The second-order valence-corrected chi connectivity index (χ2v) is 8.23. The third-order valence-corrected chi connectivity index (χ3v) is 6.20. The highest BCUT2D eigenvalue weighted by Crippen LogP contribution is 2.38. The van der Waals surface area contributed by atoms with Gasteiger partial charge >= 0.3 is 0 Å². The predicted octanol–water partition coefficient (Wildman–Crippen LogP) is 4.63. The van der Waals surface area contributed by atoms with Crippen LogP contribution in [0.4, 0.5) is 5.82 Å². The van der Waals surface area contributed by atoms with Crippen molar-refractivity contribution >= 4 is 16.8 Å². The zero-order valence-corrected chi connectivity index (χ0v) is 17.4. The molecule has 1 aliphatic rings. The van der Waals surface area contributed by atoms with Crippen molar-refractivity contribution in [2.24, 2.45) is 0 Å². The van der Waals surface area contributed by atoms with Crippen LogP contribution in [0.1, 0.15) is 38.1 Å². The van der Waals surface area contributed by atoms with Crippen LogP contribution in [-0.4, -0.2) is 35.4 Å². The number of hydrogen-bond donors (Lipinski definition) is 2. The van der Waals surface area contributed by atoms with Crippen molar-refractivity contribution < 1.29 is 4.42 Å². The molecule has 32 heavy (non-hydrogen) atoms. The van der Waals surface area contributed by atoms with Crippen molar-refractivity contribution in [2.45, 2.75) is 38.1 Å². The summed E-state index contributed by atoms with van der Waals surface area (Å²) in [5, 5.41) is 19.8. The van der Waals surface area contributed by atoms with E-state index in [4.69, 9.17) is 10.2 Å². The molecule has 0 aliphatic heterocycles. The van der Waals surface area contributed by atoms with Gasteiger partial charge in [0.1, 0.15) is 5.76 Å². The highest BCUT2D eigenvalue weighted by molar-refractivity contribution is 6.00. The van der Waals surface area contributed by atoms with Crippen LogP contribution >= 0.6 is 0 Å². The molecule has 0 amide bonds. The van der Waals surface area contributed by atoms with Gasteiger partial charge in [0.05, 0.1) is 12.2 Å². The van der Waals surface area contributed by atoms with Crippen molar-refractivity contribution in [3.63, 3.8) is 0 Å². The second-order valence-electron chi connectivity index (χ2n) is 8.23. The lowest BCUT2D eigenvalue weighted by Crippen LogP contribution is -2.12. The second kappa shape index (κ2) is 7.60. The highest BCUT2D eigenvalue weighted by atomic mass is 16.3. The Hall–Kier alpha value is -4.01. The van der Waals surface area contributed by atoms with Gasteiger partial charge in [0, 0.05) is 40.0 Å². The number of tetrazole rings is 1. The third-order valence-electron chi connectivity index (χ3n) is 6.20. The number of H-pyrrole nitrogens is 1. The molecule has 9 nitrogen and oxygen atoms in total. The van der Waals surface area contributed by atoms with Crippen molar-refractivity contribution in [3.8, 4) is 33.8 Å². The van der Waals surface area contributed by atoms with Crippen LogP contribution in [0, 0.1) is 0 Å². The number of nitrogens with two attached hydrogens (primary N) is 1. The summed E-state index contributed by atoms with van der Waals surface area (Å²) >= 11 is 0. The number of pyridine rings is 1. The van der Waals surface area contributed by atoms with Gasteiger partial charge in [0.2, 0.25) is 5.82 Å². The summed E-state index contributed by atoms with van der Waals surface area (Å²) < 4.78 is 8.27. The number of benzene rings is 1. The number of nitrogens with one attached hydrogen (secondary N) is 1. The fraction of sp³-hybridized carbons (Fsp3) is 0.261. The Kier molecular flexibility index (Phi) is 4.45. The van der Waals surface area contributed by atoms with Crippen LogP contribution in [0.25, 0.3) is 44.8 Å². The van der Waals surface area contributed by atoms with E-state index in [2.05, 4.69) is 41.6 Å². The number of aromatic amines is 1. The van der Waals surface area contributed by atoms with E-state index in [0.29, 0.717) is 29.0 Å². The lowest BCUT2D eigenvalue weighted by molar-refractivity contribution is 0.329. The Morgan fingerprint density at radius 2 is 1.91 bits per heavy atom. The van der Waals surface area contributed by atoms with Crippen molar-refractivity contribution in [1.29, 1.82) is 0 Å². The predicted molar refractivity (Wildman–Crippen MR) is 120 cm³/mol. The average Bonchev–Trinajstić information content (AvgIpc) is 3.61. The van der Waals surface area contributed by atoms with Gasteiger partial charge in [-0.2, -0.15) is 10.3 Å². The number of aromatic nitrogens is 7. The monoisotopic (exact) mass is 426 g/mol. The van der Waals surface area contributed by atoms with E-state index in [1.54, 1.807) is 6.20 Å². The largest absolute Gasteiger partial charge is 0.452 e. The molecule has 160 valence electrons. The number of anilines is 1. The van der Waals surface area contributed by atoms with Gasteiger partial charge < -0.3 is 10.2 Å². The molecule has 1 aliphatic carbocycles. The van der Waals surface area contributed by atoms with Gasteiger partial charge in [0.25, 0.3) is 0 Å². The standard InChI is InChI=1S/C23H22N8O/c24-22-21-18(10-20(32-21)14-5-4-6-15(9-14)23-27-29-30-28-23)19(12-25-22)16-11-26-31(13-16)17-7-2-1-3-8-17/h4-6,9-13,17H,1-3,7-8H2,(H2,24,25)(H,27,28,29,30).